The molecule has 0 bridgehead atoms. The zero-order valence-electron chi connectivity index (χ0n) is 14.5. The van der Waals surface area contributed by atoms with E-state index in [4.69, 9.17) is 0 Å². The van der Waals surface area contributed by atoms with Crippen LogP contribution in [0.3, 0.4) is 0 Å². The van der Waals surface area contributed by atoms with Gasteiger partial charge >= 0.3 is 0 Å². The van der Waals surface area contributed by atoms with Gasteiger partial charge in [0.2, 0.25) is 0 Å². The number of Topliss-reactive ketones (excluding diaryl/α,β-unsaturated/α-hetero) is 1. The number of anilines is 1. The Balaban J connectivity index is 1.47. The van der Waals surface area contributed by atoms with Crippen molar-refractivity contribution in [1.82, 2.24) is 15.3 Å². The van der Waals surface area contributed by atoms with Crippen LogP contribution in [0, 0.1) is 6.92 Å². The molecule has 0 saturated carbocycles. The second-order valence-corrected chi connectivity index (χ2v) is 6.62. The monoisotopic (exact) mass is 348 g/mol. The number of aromatic nitrogens is 2. The normalized spacial score (nSPS) is 16.8. The fourth-order valence-electron chi connectivity index (χ4n) is 3.59. The largest absolute Gasteiger partial charge is 0.368 e. The third-order valence-electron chi connectivity index (χ3n) is 4.86. The van der Waals surface area contributed by atoms with Crippen LogP contribution >= 0.6 is 0 Å². The number of amides is 1. The van der Waals surface area contributed by atoms with E-state index in [1.54, 1.807) is 6.20 Å². The lowest BCUT2D eigenvalue weighted by molar-refractivity contribution is -0.117. The Hall–Kier alpha value is -3.15. The van der Waals surface area contributed by atoms with Crippen molar-refractivity contribution in [2.45, 2.75) is 19.4 Å². The average molecular weight is 348 g/mol. The van der Waals surface area contributed by atoms with E-state index in [1.807, 2.05) is 49.5 Å². The second kappa shape index (κ2) is 6.63. The van der Waals surface area contributed by atoms with Crippen molar-refractivity contribution >= 4 is 28.3 Å². The van der Waals surface area contributed by atoms with Crippen LogP contribution in [0.25, 0.3) is 10.9 Å². The van der Waals surface area contributed by atoms with E-state index in [2.05, 4.69) is 20.2 Å². The Labute approximate surface area is 151 Å². The lowest BCUT2D eigenvalue weighted by atomic mass is 10.1. The van der Waals surface area contributed by atoms with E-state index in [1.165, 1.54) is 0 Å². The van der Waals surface area contributed by atoms with E-state index >= 15 is 0 Å². The van der Waals surface area contributed by atoms with Crippen LogP contribution in [0.1, 0.15) is 22.5 Å². The van der Waals surface area contributed by atoms with Crippen molar-refractivity contribution in [2.75, 3.05) is 18.0 Å². The predicted octanol–water partition coefficient (Wildman–Crippen LogP) is 2.45. The summed E-state index contributed by atoms with van der Waals surface area (Å²) in [6, 6.07) is 11.4. The molecular formula is C20H20N4O2. The molecule has 1 saturated heterocycles. The minimum Gasteiger partial charge on any atom is -0.368 e. The van der Waals surface area contributed by atoms with E-state index in [0.29, 0.717) is 12.1 Å². The minimum absolute atomic E-state index is 0.0443. The molecule has 1 aromatic carbocycles. The number of benzene rings is 1. The van der Waals surface area contributed by atoms with Gasteiger partial charge in [0, 0.05) is 41.9 Å². The highest BCUT2D eigenvalue weighted by Crippen LogP contribution is 2.23. The van der Waals surface area contributed by atoms with Crippen LogP contribution in [0.2, 0.25) is 0 Å². The highest BCUT2D eigenvalue weighted by atomic mass is 16.2. The number of carbonyl (C=O) groups is 2. The molecule has 6 nitrogen and oxygen atoms in total. The molecule has 1 aliphatic heterocycles. The maximum Gasteiger partial charge on any atom is 0.292 e. The van der Waals surface area contributed by atoms with Gasteiger partial charge in [0.1, 0.15) is 0 Å². The molecule has 6 heteroatoms. The summed E-state index contributed by atoms with van der Waals surface area (Å²) in [7, 11) is 0. The molecule has 3 aromatic rings. The highest BCUT2D eigenvalue weighted by molar-refractivity contribution is 6.45. The summed E-state index contributed by atoms with van der Waals surface area (Å²) in [5.41, 5.74) is 3.07. The molecular weight excluding hydrogens is 328 g/mol. The van der Waals surface area contributed by atoms with Crippen LogP contribution in [0.4, 0.5) is 5.69 Å². The average Bonchev–Trinajstić information content (AvgIpc) is 3.25. The zero-order chi connectivity index (χ0) is 18.1. The number of hydrogen-bond donors (Lipinski definition) is 2. The molecule has 1 atom stereocenters. The summed E-state index contributed by atoms with van der Waals surface area (Å²) in [5, 5.41) is 3.68. The third-order valence-corrected chi connectivity index (χ3v) is 4.86. The molecule has 1 amide bonds. The van der Waals surface area contributed by atoms with E-state index in [9.17, 15) is 9.59 Å². The van der Waals surface area contributed by atoms with Crippen LogP contribution in [-0.2, 0) is 4.79 Å². The van der Waals surface area contributed by atoms with Gasteiger partial charge in [-0.3, -0.25) is 14.6 Å². The SMILES string of the molecule is Cc1[nH]c2ccccc2c1C(=O)C(=O)N[C@@H]1CCN(c2cccnc2)C1. The van der Waals surface area contributed by atoms with E-state index in [0.717, 1.165) is 35.2 Å². The molecule has 0 spiro atoms. The number of H-pyrrole nitrogens is 1. The topological polar surface area (TPSA) is 78.1 Å². The van der Waals surface area contributed by atoms with Crippen molar-refractivity contribution in [1.29, 1.82) is 0 Å². The Morgan fingerprint density at radius 1 is 1.23 bits per heavy atom. The van der Waals surface area contributed by atoms with Crippen molar-refractivity contribution in [3.05, 3.63) is 60.0 Å². The Kier molecular flexibility index (Phi) is 4.16. The molecule has 4 rings (SSSR count). The lowest BCUT2D eigenvalue weighted by Crippen LogP contribution is -2.41. The van der Waals surface area contributed by atoms with Gasteiger partial charge in [0.25, 0.3) is 11.7 Å². The van der Waals surface area contributed by atoms with Gasteiger partial charge in [-0.05, 0) is 31.5 Å². The molecule has 2 N–H and O–H groups in total. The standard InChI is InChI=1S/C20H20N4O2/c1-13-18(16-6-2-3-7-17(16)22-13)19(25)20(26)23-14-8-10-24(12-14)15-5-4-9-21-11-15/h2-7,9,11,14,22H,8,10,12H2,1H3,(H,23,26)/t14-/m1/s1. The minimum atomic E-state index is -0.545. The van der Waals surface area contributed by atoms with Gasteiger partial charge < -0.3 is 15.2 Å². The molecule has 1 fully saturated rings. The van der Waals surface area contributed by atoms with E-state index < -0.39 is 11.7 Å². The maximum atomic E-state index is 12.7. The first-order chi connectivity index (χ1) is 12.6. The molecule has 0 unspecified atom stereocenters. The third kappa shape index (κ3) is 2.94. The number of nitrogens with one attached hydrogen (secondary N) is 2. The van der Waals surface area contributed by atoms with Crippen LogP contribution in [0.5, 0.6) is 0 Å². The number of carbonyl (C=O) groups excluding carboxylic acids is 2. The van der Waals surface area contributed by atoms with Crippen molar-refractivity contribution in [3.63, 3.8) is 0 Å². The van der Waals surface area contributed by atoms with Gasteiger partial charge in [-0.15, -0.1) is 0 Å². The lowest BCUT2D eigenvalue weighted by Gasteiger charge is -2.18. The molecule has 3 heterocycles. The predicted molar refractivity (Wildman–Crippen MR) is 100 cm³/mol. The van der Waals surface area contributed by atoms with Gasteiger partial charge in [-0.2, -0.15) is 0 Å². The fraction of sp³-hybridized carbons (Fsp3) is 0.250. The first-order valence-electron chi connectivity index (χ1n) is 8.71. The van der Waals surface area contributed by atoms with Gasteiger partial charge in [0.05, 0.1) is 17.4 Å². The molecule has 2 aromatic heterocycles. The smallest absolute Gasteiger partial charge is 0.292 e. The van der Waals surface area contributed by atoms with Crippen molar-refractivity contribution in [3.8, 4) is 0 Å². The molecule has 26 heavy (non-hydrogen) atoms. The molecule has 1 aliphatic rings. The highest BCUT2D eigenvalue weighted by Gasteiger charge is 2.28. The van der Waals surface area contributed by atoms with Gasteiger partial charge in [-0.25, -0.2) is 0 Å². The van der Waals surface area contributed by atoms with Gasteiger partial charge in [-0.1, -0.05) is 18.2 Å². The maximum absolute atomic E-state index is 12.7. The fourth-order valence-corrected chi connectivity index (χ4v) is 3.59. The number of para-hydroxylation sites is 1. The summed E-state index contributed by atoms with van der Waals surface area (Å²) in [5.74, 6) is -1.03. The van der Waals surface area contributed by atoms with Crippen LogP contribution in [-0.4, -0.2) is 40.8 Å². The summed E-state index contributed by atoms with van der Waals surface area (Å²) in [4.78, 5) is 34.7. The van der Waals surface area contributed by atoms with Gasteiger partial charge in [0.15, 0.2) is 0 Å². The summed E-state index contributed by atoms with van der Waals surface area (Å²) < 4.78 is 0. The number of fused-ring (bicyclic) bond motifs is 1. The number of pyridine rings is 1. The Morgan fingerprint density at radius 3 is 2.88 bits per heavy atom. The quantitative estimate of drug-likeness (QED) is 0.561. The van der Waals surface area contributed by atoms with E-state index in [-0.39, 0.29) is 6.04 Å². The zero-order valence-corrected chi connectivity index (χ0v) is 14.5. The summed E-state index contributed by atoms with van der Waals surface area (Å²) in [6.45, 7) is 3.33. The Bertz CT molecular complexity index is 964. The number of hydrogen-bond acceptors (Lipinski definition) is 4. The number of rotatable bonds is 4. The number of ketones is 1. The summed E-state index contributed by atoms with van der Waals surface area (Å²) in [6.07, 6.45) is 4.35. The van der Waals surface area contributed by atoms with Crippen LogP contribution < -0.4 is 10.2 Å². The van der Waals surface area contributed by atoms with Crippen LogP contribution in [0.15, 0.2) is 48.8 Å². The number of aromatic amines is 1. The Morgan fingerprint density at radius 2 is 2.08 bits per heavy atom. The molecule has 132 valence electrons. The number of aryl methyl sites for hydroxylation is 1. The second-order valence-electron chi connectivity index (χ2n) is 6.62. The molecule has 0 radical (unpaired) electrons. The number of nitrogens with zero attached hydrogens (tertiary/aromatic N) is 2. The summed E-state index contributed by atoms with van der Waals surface area (Å²) >= 11 is 0. The first kappa shape index (κ1) is 16.3. The van der Waals surface area contributed by atoms with Crippen molar-refractivity contribution in [2.24, 2.45) is 0 Å². The first-order valence-corrected chi connectivity index (χ1v) is 8.71. The molecule has 0 aliphatic carbocycles. The van der Waals surface area contributed by atoms with Crippen molar-refractivity contribution < 1.29 is 9.59 Å².